The van der Waals surface area contributed by atoms with Crippen molar-refractivity contribution < 1.29 is 22.7 Å². The summed E-state index contributed by atoms with van der Waals surface area (Å²) in [7, 11) is -3.94. The maximum atomic E-state index is 13.5. The quantitative estimate of drug-likeness (QED) is 0.595. The van der Waals surface area contributed by atoms with E-state index in [0.717, 1.165) is 15.4 Å². The summed E-state index contributed by atoms with van der Waals surface area (Å²) in [5.41, 5.74) is 2.38. The van der Waals surface area contributed by atoms with E-state index >= 15 is 0 Å². The molecule has 0 aromatic heterocycles. The fourth-order valence-corrected chi connectivity index (χ4v) is 5.13. The molecule has 1 aliphatic heterocycles. The van der Waals surface area contributed by atoms with Crippen LogP contribution in [-0.4, -0.2) is 51.4 Å². The molecule has 0 unspecified atom stereocenters. The number of hydrogen-bond donors (Lipinski definition) is 0. The largest absolute Gasteiger partial charge is 0.466 e. The normalized spacial score (nSPS) is 14.8. The van der Waals surface area contributed by atoms with Crippen molar-refractivity contribution in [2.24, 2.45) is 5.92 Å². The lowest BCUT2D eigenvalue weighted by Crippen LogP contribution is -2.46. The molecule has 0 atom stereocenters. The first-order chi connectivity index (χ1) is 15.2. The Hall–Kier alpha value is -2.87. The Morgan fingerprint density at radius 1 is 0.969 bits per heavy atom. The van der Waals surface area contributed by atoms with Gasteiger partial charge >= 0.3 is 5.97 Å². The fourth-order valence-electron chi connectivity index (χ4n) is 3.71. The molecule has 2 aromatic rings. The number of amides is 1. The summed E-state index contributed by atoms with van der Waals surface area (Å²) >= 11 is 0. The molecule has 7 nitrogen and oxygen atoms in total. The summed E-state index contributed by atoms with van der Waals surface area (Å²) in [4.78, 5) is 26.8. The number of benzene rings is 2. The first-order valence-corrected chi connectivity index (χ1v) is 12.3. The van der Waals surface area contributed by atoms with Gasteiger partial charge in [0.25, 0.3) is 10.0 Å². The van der Waals surface area contributed by atoms with Gasteiger partial charge in [0.05, 0.1) is 23.1 Å². The topological polar surface area (TPSA) is 84.0 Å². The van der Waals surface area contributed by atoms with E-state index in [4.69, 9.17) is 4.74 Å². The molecular formula is C24H30N2O5S. The molecule has 0 radical (unpaired) electrons. The van der Waals surface area contributed by atoms with Crippen molar-refractivity contribution in [1.29, 1.82) is 0 Å². The van der Waals surface area contributed by atoms with Gasteiger partial charge in [-0.25, -0.2) is 8.42 Å². The van der Waals surface area contributed by atoms with E-state index in [9.17, 15) is 18.0 Å². The summed E-state index contributed by atoms with van der Waals surface area (Å²) in [6.07, 6.45) is 1.03. The van der Waals surface area contributed by atoms with Crippen LogP contribution in [0.2, 0.25) is 0 Å². The van der Waals surface area contributed by atoms with Gasteiger partial charge in [-0.15, -0.1) is 0 Å². The summed E-state index contributed by atoms with van der Waals surface area (Å²) in [6, 6.07) is 13.7. The highest BCUT2D eigenvalue weighted by molar-refractivity contribution is 7.92. The minimum atomic E-state index is -3.94. The molecule has 0 spiro atoms. The standard InChI is InChI=1S/C24H30N2O5S/c1-4-31-24(28)20-13-15-25(16-14-20)23(27)17-26(21-9-5-18(2)6-10-21)32(29,30)22-11-7-19(3)8-12-22/h5-12,20H,4,13-17H2,1-3H3. The van der Waals surface area contributed by atoms with Crippen LogP contribution in [0.15, 0.2) is 53.4 Å². The van der Waals surface area contributed by atoms with Gasteiger partial charge in [0.15, 0.2) is 0 Å². The van der Waals surface area contributed by atoms with E-state index < -0.39 is 10.0 Å². The number of sulfonamides is 1. The third kappa shape index (κ3) is 5.48. The number of likely N-dealkylation sites (tertiary alicyclic amines) is 1. The van der Waals surface area contributed by atoms with E-state index in [1.807, 2.05) is 26.0 Å². The van der Waals surface area contributed by atoms with E-state index in [1.54, 1.807) is 48.2 Å². The summed E-state index contributed by atoms with van der Waals surface area (Å²) in [6.45, 7) is 6.40. The number of rotatable bonds is 7. The zero-order chi connectivity index (χ0) is 23.3. The molecule has 1 heterocycles. The minimum Gasteiger partial charge on any atom is -0.466 e. The van der Waals surface area contributed by atoms with Crippen molar-refractivity contribution in [3.05, 3.63) is 59.7 Å². The van der Waals surface area contributed by atoms with E-state index in [2.05, 4.69) is 0 Å². The second-order valence-corrected chi connectivity index (χ2v) is 9.93. The number of anilines is 1. The van der Waals surface area contributed by atoms with Crippen molar-refractivity contribution in [2.45, 2.75) is 38.5 Å². The van der Waals surface area contributed by atoms with E-state index in [0.29, 0.717) is 38.2 Å². The van der Waals surface area contributed by atoms with Crippen LogP contribution in [0, 0.1) is 19.8 Å². The molecule has 0 N–H and O–H groups in total. The molecule has 1 aliphatic rings. The molecular weight excluding hydrogens is 428 g/mol. The molecule has 0 aliphatic carbocycles. The van der Waals surface area contributed by atoms with Crippen LogP contribution >= 0.6 is 0 Å². The van der Waals surface area contributed by atoms with Gasteiger partial charge in [0.2, 0.25) is 5.91 Å². The SMILES string of the molecule is CCOC(=O)C1CCN(C(=O)CN(c2ccc(C)cc2)S(=O)(=O)c2ccc(C)cc2)CC1. The second-order valence-electron chi connectivity index (χ2n) is 8.07. The van der Waals surface area contributed by atoms with E-state index in [-0.39, 0.29) is 29.2 Å². The van der Waals surface area contributed by atoms with Gasteiger partial charge in [0.1, 0.15) is 6.54 Å². The first-order valence-electron chi connectivity index (χ1n) is 10.8. The average molecular weight is 459 g/mol. The lowest BCUT2D eigenvalue weighted by atomic mass is 9.97. The number of piperidine rings is 1. The van der Waals surface area contributed by atoms with Gasteiger partial charge < -0.3 is 9.64 Å². The Kier molecular flexibility index (Phi) is 7.56. The maximum Gasteiger partial charge on any atom is 0.309 e. The van der Waals surface area contributed by atoms with Crippen molar-refractivity contribution in [3.8, 4) is 0 Å². The summed E-state index contributed by atoms with van der Waals surface area (Å²) in [5, 5.41) is 0. The number of hydrogen-bond acceptors (Lipinski definition) is 5. The van der Waals surface area contributed by atoms with Crippen LogP contribution in [0.25, 0.3) is 0 Å². The highest BCUT2D eigenvalue weighted by atomic mass is 32.2. The predicted molar refractivity (Wildman–Crippen MR) is 123 cm³/mol. The third-order valence-corrected chi connectivity index (χ3v) is 7.47. The smallest absolute Gasteiger partial charge is 0.309 e. The van der Waals surface area contributed by atoms with Crippen molar-refractivity contribution in [1.82, 2.24) is 4.90 Å². The summed E-state index contributed by atoms with van der Waals surface area (Å²) < 4.78 is 33.2. The second kappa shape index (κ2) is 10.2. The zero-order valence-corrected chi connectivity index (χ0v) is 19.6. The maximum absolute atomic E-state index is 13.5. The van der Waals surface area contributed by atoms with Crippen LogP contribution in [0.3, 0.4) is 0 Å². The van der Waals surface area contributed by atoms with Gasteiger partial charge in [0, 0.05) is 13.1 Å². The first kappa shape index (κ1) is 23.8. The number of nitrogens with zero attached hydrogens (tertiary/aromatic N) is 2. The van der Waals surface area contributed by atoms with E-state index in [1.165, 1.54) is 0 Å². The van der Waals surface area contributed by atoms with Crippen molar-refractivity contribution >= 4 is 27.6 Å². The lowest BCUT2D eigenvalue weighted by molar-refractivity contribution is -0.151. The monoisotopic (exact) mass is 458 g/mol. The molecule has 2 aromatic carbocycles. The number of esters is 1. The Labute approximate surface area is 190 Å². The highest BCUT2D eigenvalue weighted by Gasteiger charge is 2.32. The van der Waals surface area contributed by atoms with Crippen LogP contribution in [0.1, 0.15) is 30.9 Å². The van der Waals surface area contributed by atoms with Crippen LogP contribution in [0.5, 0.6) is 0 Å². The Morgan fingerprint density at radius 2 is 1.50 bits per heavy atom. The molecule has 172 valence electrons. The van der Waals surface area contributed by atoms with Crippen LogP contribution in [-0.2, 0) is 24.3 Å². The molecule has 8 heteroatoms. The van der Waals surface area contributed by atoms with Gasteiger partial charge in [-0.2, -0.15) is 0 Å². The lowest BCUT2D eigenvalue weighted by Gasteiger charge is -2.33. The number of carbonyl (C=O) groups is 2. The van der Waals surface area contributed by atoms with Gasteiger partial charge in [-0.05, 0) is 57.9 Å². The van der Waals surface area contributed by atoms with Gasteiger partial charge in [-0.1, -0.05) is 35.4 Å². The average Bonchev–Trinajstić information content (AvgIpc) is 2.78. The van der Waals surface area contributed by atoms with Crippen molar-refractivity contribution in [3.63, 3.8) is 0 Å². The van der Waals surface area contributed by atoms with Crippen LogP contribution < -0.4 is 4.31 Å². The third-order valence-electron chi connectivity index (χ3n) is 5.68. The summed E-state index contributed by atoms with van der Waals surface area (Å²) in [5.74, 6) is -0.741. The number of carbonyl (C=O) groups excluding carboxylic acids is 2. The van der Waals surface area contributed by atoms with Gasteiger partial charge in [-0.3, -0.25) is 13.9 Å². The van der Waals surface area contributed by atoms with Crippen molar-refractivity contribution in [2.75, 3.05) is 30.5 Å². The molecule has 1 fully saturated rings. The predicted octanol–water partition coefficient (Wildman–Crippen LogP) is 3.30. The zero-order valence-electron chi connectivity index (χ0n) is 18.8. The Balaban J connectivity index is 1.80. The van der Waals surface area contributed by atoms with Crippen LogP contribution in [0.4, 0.5) is 5.69 Å². The molecule has 32 heavy (non-hydrogen) atoms. The Bertz CT molecular complexity index is 1040. The number of aryl methyl sites for hydroxylation is 2. The molecule has 1 saturated heterocycles. The number of ether oxygens (including phenoxy) is 1. The highest BCUT2D eigenvalue weighted by Crippen LogP contribution is 2.26. The minimum absolute atomic E-state index is 0.137. The molecule has 0 bridgehead atoms. The fraction of sp³-hybridized carbons (Fsp3) is 0.417. The molecule has 0 saturated carbocycles. The Morgan fingerprint density at radius 3 is 2.03 bits per heavy atom. The molecule has 3 rings (SSSR count). The molecule has 1 amide bonds.